The molecule has 2 atom stereocenters. The molecule has 0 aromatic carbocycles. The Morgan fingerprint density at radius 2 is 2.06 bits per heavy atom. The molecule has 2 unspecified atom stereocenters. The van der Waals surface area contributed by atoms with Crippen LogP contribution in [0.15, 0.2) is 0 Å². The fraction of sp³-hybridized carbons (Fsp3) is 0.923. The molecule has 1 amide bonds. The van der Waals surface area contributed by atoms with E-state index in [4.69, 9.17) is 11.6 Å². The lowest BCUT2D eigenvalue weighted by Gasteiger charge is -2.50. The van der Waals surface area contributed by atoms with Crippen LogP contribution in [0, 0.1) is 10.8 Å². The second kappa shape index (κ2) is 5.99. The molecule has 0 aliphatic heterocycles. The zero-order valence-electron chi connectivity index (χ0n) is 11.9. The summed E-state index contributed by atoms with van der Waals surface area (Å²) in [6.07, 6.45) is 3.73. The van der Waals surface area contributed by atoms with E-state index in [2.05, 4.69) is 31.5 Å². The first kappa shape index (κ1) is 15.4. The number of hydrogen-bond donors (Lipinski definition) is 4. The molecule has 1 saturated carbocycles. The van der Waals surface area contributed by atoms with Crippen LogP contribution >= 0.6 is 0 Å². The third-order valence-corrected chi connectivity index (χ3v) is 4.69. The first-order valence-corrected chi connectivity index (χ1v) is 6.76. The standard InChI is InChI=1S/C13H28N4O/c1-12(2)6-4-10(14)8-13(12,3)9-16-7-5-11(18)17-15/h10,16H,4-9,14-15H2,1-3H3,(H,17,18). The van der Waals surface area contributed by atoms with Crippen molar-refractivity contribution in [3.05, 3.63) is 0 Å². The molecule has 5 nitrogen and oxygen atoms in total. The average molecular weight is 256 g/mol. The molecule has 0 radical (unpaired) electrons. The normalized spacial score (nSPS) is 31.1. The van der Waals surface area contributed by atoms with Crippen molar-refractivity contribution >= 4 is 5.91 Å². The SMILES string of the molecule is CC1(C)CCC(N)CC1(C)CNCCC(=O)NN. The summed E-state index contributed by atoms with van der Waals surface area (Å²) in [6, 6.07) is 0.303. The van der Waals surface area contributed by atoms with Gasteiger partial charge in [0.1, 0.15) is 0 Å². The molecule has 1 rings (SSSR count). The molecule has 1 aliphatic carbocycles. The van der Waals surface area contributed by atoms with Gasteiger partial charge in [-0.15, -0.1) is 0 Å². The quantitative estimate of drug-likeness (QED) is 0.249. The Morgan fingerprint density at radius 1 is 1.39 bits per heavy atom. The number of hydrogen-bond acceptors (Lipinski definition) is 4. The highest BCUT2D eigenvalue weighted by atomic mass is 16.2. The van der Waals surface area contributed by atoms with Crippen molar-refractivity contribution in [2.45, 2.75) is 52.5 Å². The third-order valence-electron chi connectivity index (χ3n) is 4.69. The van der Waals surface area contributed by atoms with E-state index < -0.39 is 0 Å². The Hall–Kier alpha value is -0.650. The van der Waals surface area contributed by atoms with E-state index in [1.54, 1.807) is 0 Å². The van der Waals surface area contributed by atoms with Crippen molar-refractivity contribution in [2.24, 2.45) is 22.4 Å². The number of rotatable bonds is 5. The first-order chi connectivity index (χ1) is 8.31. The second-order valence-corrected chi connectivity index (χ2v) is 6.44. The van der Waals surface area contributed by atoms with Gasteiger partial charge in [0.2, 0.25) is 5.91 Å². The van der Waals surface area contributed by atoms with Gasteiger partial charge in [0.05, 0.1) is 0 Å². The van der Waals surface area contributed by atoms with Gasteiger partial charge >= 0.3 is 0 Å². The Labute approximate surface area is 110 Å². The maximum absolute atomic E-state index is 11.0. The Morgan fingerprint density at radius 3 is 2.67 bits per heavy atom. The maximum atomic E-state index is 11.0. The molecule has 0 heterocycles. The van der Waals surface area contributed by atoms with E-state index in [-0.39, 0.29) is 16.7 Å². The molecule has 1 fully saturated rings. The van der Waals surface area contributed by atoms with E-state index in [1.807, 2.05) is 0 Å². The minimum atomic E-state index is -0.132. The van der Waals surface area contributed by atoms with E-state index in [0.29, 0.717) is 19.0 Å². The number of carbonyl (C=O) groups is 1. The van der Waals surface area contributed by atoms with Gasteiger partial charge in [-0.1, -0.05) is 20.8 Å². The van der Waals surface area contributed by atoms with Gasteiger partial charge in [0.25, 0.3) is 0 Å². The Kier molecular flexibility index (Phi) is 5.13. The molecule has 0 aromatic heterocycles. The van der Waals surface area contributed by atoms with E-state index in [0.717, 1.165) is 25.8 Å². The lowest BCUT2D eigenvalue weighted by atomic mass is 9.57. The summed E-state index contributed by atoms with van der Waals surface area (Å²) >= 11 is 0. The van der Waals surface area contributed by atoms with Gasteiger partial charge in [-0.25, -0.2) is 5.84 Å². The molecule has 6 N–H and O–H groups in total. The number of nitrogens with one attached hydrogen (secondary N) is 2. The number of amides is 1. The molecule has 1 aliphatic rings. The predicted octanol–water partition coefficient (Wildman–Crippen LogP) is 0.500. The van der Waals surface area contributed by atoms with Crippen LogP contribution in [0.5, 0.6) is 0 Å². The summed E-state index contributed by atoms with van der Waals surface area (Å²) in [5.41, 5.74) is 8.70. The second-order valence-electron chi connectivity index (χ2n) is 6.44. The maximum Gasteiger partial charge on any atom is 0.235 e. The number of carbonyl (C=O) groups excluding carboxylic acids is 1. The lowest BCUT2D eigenvalue weighted by molar-refractivity contribution is -0.121. The highest BCUT2D eigenvalue weighted by Gasteiger charge is 2.44. The van der Waals surface area contributed by atoms with Crippen LogP contribution in [0.4, 0.5) is 0 Å². The van der Waals surface area contributed by atoms with Crippen molar-refractivity contribution in [2.75, 3.05) is 13.1 Å². The van der Waals surface area contributed by atoms with E-state index in [9.17, 15) is 4.79 Å². The summed E-state index contributed by atoms with van der Waals surface area (Å²) in [7, 11) is 0. The topological polar surface area (TPSA) is 93.2 Å². The molecule has 0 aromatic rings. The molecule has 106 valence electrons. The van der Waals surface area contributed by atoms with Crippen LogP contribution in [0.1, 0.15) is 46.5 Å². The van der Waals surface area contributed by atoms with Gasteiger partial charge in [-0.3, -0.25) is 10.2 Å². The molecule has 0 spiro atoms. The van der Waals surface area contributed by atoms with Crippen LogP contribution < -0.4 is 22.3 Å². The Balaban J connectivity index is 2.44. The fourth-order valence-corrected chi connectivity index (χ4v) is 2.75. The smallest absolute Gasteiger partial charge is 0.235 e. The predicted molar refractivity (Wildman–Crippen MR) is 73.5 cm³/mol. The van der Waals surface area contributed by atoms with Crippen molar-refractivity contribution in [3.63, 3.8) is 0 Å². The van der Waals surface area contributed by atoms with Crippen LogP contribution in [0.2, 0.25) is 0 Å². The van der Waals surface area contributed by atoms with Crippen LogP contribution in [-0.2, 0) is 4.79 Å². The van der Waals surface area contributed by atoms with Crippen LogP contribution in [0.25, 0.3) is 0 Å². The van der Waals surface area contributed by atoms with Gasteiger partial charge in [0, 0.05) is 25.6 Å². The summed E-state index contributed by atoms with van der Waals surface area (Å²) in [6.45, 7) is 8.47. The average Bonchev–Trinajstić information content (AvgIpc) is 2.30. The van der Waals surface area contributed by atoms with Crippen LogP contribution in [0.3, 0.4) is 0 Å². The zero-order valence-corrected chi connectivity index (χ0v) is 11.9. The largest absolute Gasteiger partial charge is 0.328 e. The highest BCUT2D eigenvalue weighted by molar-refractivity contribution is 5.75. The highest BCUT2D eigenvalue weighted by Crippen LogP contribution is 2.49. The molecular weight excluding hydrogens is 228 g/mol. The molecule has 18 heavy (non-hydrogen) atoms. The first-order valence-electron chi connectivity index (χ1n) is 6.76. The zero-order chi connectivity index (χ0) is 13.8. The minimum absolute atomic E-state index is 0.132. The van der Waals surface area contributed by atoms with Gasteiger partial charge in [-0.2, -0.15) is 0 Å². The molecule has 0 bridgehead atoms. The number of nitrogens with two attached hydrogens (primary N) is 2. The molecular formula is C13H28N4O. The monoisotopic (exact) mass is 256 g/mol. The summed E-state index contributed by atoms with van der Waals surface area (Å²) in [4.78, 5) is 11.0. The van der Waals surface area contributed by atoms with Crippen molar-refractivity contribution in [1.29, 1.82) is 0 Å². The number of hydrazine groups is 1. The molecule has 0 saturated heterocycles. The Bertz CT molecular complexity index is 293. The summed E-state index contributed by atoms with van der Waals surface area (Å²) < 4.78 is 0. The van der Waals surface area contributed by atoms with Crippen molar-refractivity contribution in [3.8, 4) is 0 Å². The van der Waals surface area contributed by atoms with Crippen molar-refractivity contribution in [1.82, 2.24) is 10.7 Å². The summed E-state index contributed by atoms with van der Waals surface area (Å²) in [5, 5.41) is 3.37. The van der Waals surface area contributed by atoms with E-state index >= 15 is 0 Å². The third kappa shape index (κ3) is 3.67. The van der Waals surface area contributed by atoms with Gasteiger partial charge < -0.3 is 11.1 Å². The van der Waals surface area contributed by atoms with E-state index in [1.165, 1.54) is 0 Å². The van der Waals surface area contributed by atoms with Gasteiger partial charge in [-0.05, 0) is 30.1 Å². The lowest BCUT2D eigenvalue weighted by Crippen LogP contribution is -2.51. The van der Waals surface area contributed by atoms with Crippen LogP contribution in [-0.4, -0.2) is 25.0 Å². The molecule has 5 heteroatoms. The fourth-order valence-electron chi connectivity index (χ4n) is 2.75. The summed E-state index contributed by atoms with van der Waals surface area (Å²) in [5.74, 6) is 4.91. The van der Waals surface area contributed by atoms with Crippen molar-refractivity contribution < 1.29 is 4.79 Å². The minimum Gasteiger partial charge on any atom is -0.328 e. The van der Waals surface area contributed by atoms with Gasteiger partial charge in [0.15, 0.2) is 0 Å².